The van der Waals surface area contributed by atoms with Gasteiger partial charge in [0, 0.05) is 29.5 Å². The predicted octanol–water partition coefficient (Wildman–Crippen LogP) is 3.22. The topological polar surface area (TPSA) is 38.2 Å². The van der Waals surface area contributed by atoms with Gasteiger partial charge in [-0.2, -0.15) is 0 Å². The molecule has 2 atom stereocenters. The van der Waals surface area contributed by atoms with E-state index in [9.17, 15) is 0 Å². The molecular formula is C14H15BrClN3O. The van der Waals surface area contributed by atoms with Gasteiger partial charge in [0.15, 0.2) is 0 Å². The number of halogens is 2. The second-order valence-electron chi connectivity index (χ2n) is 4.96. The van der Waals surface area contributed by atoms with Gasteiger partial charge in [0.1, 0.15) is 5.52 Å². The Kier molecular flexibility index (Phi) is 4.10. The molecule has 0 amide bonds. The summed E-state index contributed by atoms with van der Waals surface area (Å²) in [6.07, 6.45) is 3.69. The maximum absolute atomic E-state index is 5.93. The van der Waals surface area contributed by atoms with Crippen LogP contribution in [0, 0.1) is 0 Å². The monoisotopic (exact) mass is 355 g/mol. The van der Waals surface area contributed by atoms with Crippen LogP contribution in [-0.4, -0.2) is 41.1 Å². The van der Waals surface area contributed by atoms with E-state index in [1.165, 1.54) is 0 Å². The molecule has 4 nitrogen and oxygen atoms in total. The Morgan fingerprint density at radius 3 is 3.15 bits per heavy atom. The van der Waals surface area contributed by atoms with Gasteiger partial charge < -0.3 is 9.64 Å². The minimum absolute atomic E-state index is 0.0616. The third-order valence-electron chi connectivity index (χ3n) is 3.51. The maximum atomic E-state index is 5.93. The first-order valence-electron chi connectivity index (χ1n) is 6.53. The van der Waals surface area contributed by atoms with E-state index in [4.69, 9.17) is 16.3 Å². The second-order valence-corrected chi connectivity index (χ2v) is 6.19. The Labute approximate surface area is 131 Å². The summed E-state index contributed by atoms with van der Waals surface area (Å²) in [6.45, 7) is 3.61. The quantitative estimate of drug-likeness (QED) is 0.774. The highest BCUT2D eigenvalue weighted by Crippen LogP contribution is 2.29. The van der Waals surface area contributed by atoms with Gasteiger partial charge in [-0.05, 0) is 35.0 Å². The number of nitrogens with zero attached hydrogens (tertiary/aromatic N) is 3. The third-order valence-corrected chi connectivity index (χ3v) is 4.29. The lowest BCUT2D eigenvalue weighted by Gasteiger charge is -2.39. The van der Waals surface area contributed by atoms with Crippen LogP contribution in [0.2, 0.25) is 0 Å². The van der Waals surface area contributed by atoms with Crippen LogP contribution < -0.4 is 4.90 Å². The number of aromatic nitrogens is 2. The number of anilines is 1. The van der Waals surface area contributed by atoms with E-state index in [0.717, 1.165) is 27.7 Å². The van der Waals surface area contributed by atoms with Gasteiger partial charge in [-0.3, -0.25) is 9.97 Å². The van der Waals surface area contributed by atoms with Gasteiger partial charge in [-0.15, -0.1) is 11.6 Å². The summed E-state index contributed by atoms with van der Waals surface area (Å²) in [5.74, 6) is 0.505. The van der Waals surface area contributed by atoms with E-state index < -0.39 is 0 Å². The summed E-state index contributed by atoms with van der Waals surface area (Å²) in [5.41, 5.74) is 2.89. The molecule has 2 aromatic heterocycles. The summed E-state index contributed by atoms with van der Waals surface area (Å²) < 4.78 is 6.64. The molecule has 0 radical (unpaired) electrons. The van der Waals surface area contributed by atoms with Crippen LogP contribution in [0.15, 0.2) is 29.0 Å². The number of fused-ring (bicyclic) bond motifs is 1. The van der Waals surface area contributed by atoms with Gasteiger partial charge in [0.25, 0.3) is 0 Å². The highest BCUT2D eigenvalue weighted by Gasteiger charge is 2.27. The van der Waals surface area contributed by atoms with E-state index in [-0.39, 0.29) is 6.10 Å². The minimum atomic E-state index is 0.0616. The number of ether oxygens (including phenoxy) is 1. The fourth-order valence-electron chi connectivity index (χ4n) is 2.47. The van der Waals surface area contributed by atoms with Crippen molar-refractivity contribution in [2.45, 2.75) is 19.1 Å². The molecule has 0 N–H and O–H groups in total. The van der Waals surface area contributed by atoms with Crippen molar-refractivity contribution in [3.05, 3.63) is 29.0 Å². The number of rotatable bonds is 2. The average molecular weight is 357 g/mol. The maximum Gasteiger partial charge on any atom is 0.112 e. The van der Waals surface area contributed by atoms with Gasteiger partial charge in [-0.1, -0.05) is 0 Å². The lowest BCUT2D eigenvalue weighted by atomic mass is 10.1. The first kappa shape index (κ1) is 14.0. The zero-order valence-corrected chi connectivity index (χ0v) is 13.4. The molecule has 0 aromatic carbocycles. The van der Waals surface area contributed by atoms with Crippen LogP contribution in [0.25, 0.3) is 11.0 Å². The molecule has 2 aromatic rings. The smallest absolute Gasteiger partial charge is 0.112 e. The molecule has 20 heavy (non-hydrogen) atoms. The van der Waals surface area contributed by atoms with E-state index in [2.05, 4.69) is 37.7 Å². The Morgan fingerprint density at radius 1 is 1.50 bits per heavy atom. The van der Waals surface area contributed by atoms with Crippen LogP contribution in [0.1, 0.15) is 6.92 Å². The molecule has 1 aliphatic heterocycles. The van der Waals surface area contributed by atoms with Gasteiger partial charge >= 0.3 is 0 Å². The molecule has 0 spiro atoms. The Balaban J connectivity index is 2.04. The summed E-state index contributed by atoms with van der Waals surface area (Å²) in [6, 6.07) is 4.29. The first-order valence-corrected chi connectivity index (χ1v) is 7.86. The van der Waals surface area contributed by atoms with Crippen LogP contribution >= 0.6 is 27.5 Å². The number of alkyl halides is 1. The van der Waals surface area contributed by atoms with E-state index in [0.29, 0.717) is 18.5 Å². The van der Waals surface area contributed by atoms with E-state index in [1.807, 2.05) is 18.3 Å². The zero-order chi connectivity index (χ0) is 14.1. The van der Waals surface area contributed by atoms with Crippen molar-refractivity contribution in [2.75, 3.05) is 23.9 Å². The second kappa shape index (κ2) is 5.84. The molecule has 2 unspecified atom stereocenters. The van der Waals surface area contributed by atoms with Crippen LogP contribution in [0.5, 0.6) is 0 Å². The van der Waals surface area contributed by atoms with Gasteiger partial charge in [0.05, 0.1) is 29.8 Å². The zero-order valence-electron chi connectivity index (χ0n) is 11.1. The molecule has 1 saturated heterocycles. The summed E-state index contributed by atoms with van der Waals surface area (Å²) in [5, 5.41) is 0. The highest BCUT2D eigenvalue weighted by atomic mass is 79.9. The van der Waals surface area contributed by atoms with Crippen molar-refractivity contribution in [3.8, 4) is 0 Å². The standard InChI is InChI=1S/C14H15BrClN3O/c1-9-8-20-11(5-16)7-19(9)13-2-3-17-12-4-10(15)6-18-14(12)13/h2-4,6,9,11H,5,7-8H2,1H3. The van der Waals surface area contributed by atoms with Crippen molar-refractivity contribution in [2.24, 2.45) is 0 Å². The van der Waals surface area contributed by atoms with Crippen molar-refractivity contribution < 1.29 is 4.74 Å². The first-order chi connectivity index (χ1) is 9.69. The molecule has 0 bridgehead atoms. The molecular weight excluding hydrogens is 342 g/mol. The fourth-order valence-corrected chi connectivity index (χ4v) is 2.98. The van der Waals surface area contributed by atoms with Crippen molar-refractivity contribution >= 4 is 44.3 Å². The van der Waals surface area contributed by atoms with Crippen molar-refractivity contribution in [3.63, 3.8) is 0 Å². The molecule has 1 aliphatic rings. The van der Waals surface area contributed by atoms with Crippen LogP contribution in [0.4, 0.5) is 5.69 Å². The summed E-state index contributed by atoms with van der Waals surface area (Å²) in [7, 11) is 0. The SMILES string of the molecule is CC1COC(CCl)CN1c1ccnc2cc(Br)cnc12. The largest absolute Gasteiger partial charge is 0.373 e. The molecule has 106 valence electrons. The van der Waals surface area contributed by atoms with E-state index in [1.54, 1.807) is 6.20 Å². The number of hydrogen-bond donors (Lipinski definition) is 0. The van der Waals surface area contributed by atoms with Crippen LogP contribution in [0.3, 0.4) is 0 Å². The molecule has 6 heteroatoms. The highest BCUT2D eigenvalue weighted by molar-refractivity contribution is 9.10. The number of pyridine rings is 2. The molecule has 3 heterocycles. The third kappa shape index (κ3) is 2.62. The Bertz CT molecular complexity index is 624. The molecule has 3 rings (SSSR count). The van der Waals surface area contributed by atoms with Crippen molar-refractivity contribution in [1.29, 1.82) is 0 Å². The summed E-state index contributed by atoms with van der Waals surface area (Å²) >= 11 is 9.37. The molecule has 1 fully saturated rings. The summed E-state index contributed by atoms with van der Waals surface area (Å²) in [4.78, 5) is 11.2. The van der Waals surface area contributed by atoms with E-state index >= 15 is 0 Å². The Morgan fingerprint density at radius 2 is 2.35 bits per heavy atom. The normalized spacial score (nSPS) is 23.2. The molecule has 0 saturated carbocycles. The predicted molar refractivity (Wildman–Crippen MR) is 84.5 cm³/mol. The van der Waals surface area contributed by atoms with Gasteiger partial charge in [0.2, 0.25) is 0 Å². The number of morpholine rings is 1. The minimum Gasteiger partial charge on any atom is -0.373 e. The number of hydrogen-bond acceptors (Lipinski definition) is 4. The van der Waals surface area contributed by atoms with Gasteiger partial charge in [-0.25, -0.2) is 0 Å². The fraction of sp³-hybridized carbons (Fsp3) is 0.429. The molecule has 0 aliphatic carbocycles. The average Bonchev–Trinajstić information content (AvgIpc) is 2.47. The lowest BCUT2D eigenvalue weighted by molar-refractivity contribution is 0.0366. The van der Waals surface area contributed by atoms with Crippen molar-refractivity contribution in [1.82, 2.24) is 9.97 Å². The lowest BCUT2D eigenvalue weighted by Crippen LogP contribution is -2.49. The van der Waals surface area contributed by atoms with Crippen LogP contribution in [-0.2, 0) is 4.74 Å². The Hall–Kier alpha value is -0.910.